The van der Waals surface area contributed by atoms with Crippen LogP contribution in [0.4, 0.5) is 0 Å². The SMILES string of the molecule is Br.O=C(O[C@@H]1C[N+]2(CCOc3ccccc3)CCC1CC2)[C@]([O-])(c1cccs1)C1CCCC1. The van der Waals surface area contributed by atoms with Crippen LogP contribution in [0.3, 0.4) is 0 Å². The van der Waals surface area contributed by atoms with E-state index in [1.165, 1.54) is 11.3 Å². The zero-order chi connectivity index (χ0) is 22.0. The molecule has 7 heteroatoms. The van der Waals surface area contributed by atoms with Gasteiger partial charge in [0.05, 0.1) is 13.1 Å². The average Bonchev–Trinajstić information content (AvgIpc) is 3.55. The molecular formula is C26H34BrNO4S. The number of hydrogen-bond donors (Lipinski definition) is 0. The molecule has 2 atom stereocenters. The number of piperidine rings is 3. The lowest BCUT2D eigenvalue weighted by atomic mass is 9.82. The van der Waals surface area contributed by atoms with Crippen molar-refractivity contribution in [3.8, 4) is 5.75 Å². The molecule has 1 saturated carbocycles. The van der Waals surface area contributed by atoms with Crippen molar-refractivity contribution in [1.29, 1.82) is 0 Å². The number of carbonyl (C=O) groups excluding carboxylic acids is 1. The van der Waals surface area contributed by atoms with E-state index >= 15 is 0 Å². The lowest BCUT2D eigenvalue weighted by Gasteiger charge is -2.53. The molecule has 0 N–H and O–H groups in total. The summed E-state index contributed by atoms with van der Waals surface area (Å²) in [6.07, 6.45) is 5.65. The van der Waals surface area contributed by atoms with Crippen molar-refractivity contribution >= 4 is 34.3 Å². The summed E-state index contributed by atoms with van der Waals surface area (Å²) < 4.78 is 13.0. The van der Waals surface area contributed by atoms with Gasteiger partial charge in [-0.3, -0.25) is 4.79 Å². The number of benzene rings is 1. The van der Waals surface area contributed by atoms with Crippen LogP contribution in [0.15, 0.2) is 47.8 Å². The van der Waals surface area contributed by atoms with Crippen LogP contribution in [0, 0.1) is 11.8 Å². The van der Waals surface area contributed by atoms with Crippen LogP contribution in [-0.2, 0) is 15.1 Å². The van der Waals surface area contributed by atoms with E-state index in [9.17, 15) is 9.90 Å². The van der Waals surface area contributed by atoms with Gasteiger partial charge in [0, 0.05) is 29.2 Å². The summed E-state index contributed by atoms with van der Waals surface area (Å²) in [6, 6.07) is 13.6. The van der Waals surface area contributed by atoms with Crippen molar-refractivity contribution in [2.75, 3.05) is 32.8 Å². The lowest BCUT2D eigenvalue weighted by molar-refractivity contribution is -0.946. The molecule has 0 unspecified atom stereocenters. The number of ether oxygens (including phenoxy) is 2. The van der Waals surface area contributed by atoms with Gasteiger partial charge in [0.2, 0.25) is 0 Å². The topological polar surface area (TPSA) is 58.6 Å². The van der Waals surface area contributed by atoms with E-state index in [1.54, 1.807) is 0 Å². The molecule has 1 aromatic heterocycles. The molecule has 0 radical (unpaired) electrons. The molecule has 180 valence electrons. The van der Waals surface area contributed by atoms with E-state index in [0.29, 0.717) is 17.4 Å². The number of thiophene rings is 1. The zero-order valence-electron chi connectivity index (χ0n) is 19.0. The van der Waals surface area contributed by atoms with Gasteiger partial charge in [-0.25, -0.2) is 0 Å². The maximum absolute atomic E-state index is 14.1. The molecule has 6 rings (SSSR count). The van der Waals surface area contributed by atoms with Crippen LogP contribution in [0.25, 0.3) is 0 Å². The summed E-state index contributed by atoms with van der Waals surface area (Å²) in [5.74, 6) is 0.579. The zero-order valence-corrected chi connectivity index (χ0v) is 21.6. The first-order valence-corrected chi connectivity index (χ1v) is 13.0. The average molecular weight is 537 g/mol. The van der Waals surface area contributed by atoms with E-state index < -0.39 is 11.6 Å². The van der Waals surface area contributed by atoms with Gasteiger partial charge >= 0.3 is 5.97 Å². The molecular weight excluding hydrogens is 502 g/mol. The number of quaternary nitrogens is 1. The Morgan fingerprint density at radius 2 is 1.79 bits per heavy atom. The number of halogens is 1. The second-order valence-corrected chi connectivity index (χ2v) is 10.8. The number of nitrogens with zero attached hydrogens (tertiary/aromatic N) is 1. The quantitative estimate of drug-likeness (QED) is 0.373. The third-order valence-corrected chi connectivity index (χ3v) is 8.98. The van der Waals surface area contributed by atoms with Gasteiger partial charge in [0.25, 0.3) is 0 Å². The fraction of sp³-hybridized carbons (Fsp3) is 0.577. The summed E-state index contributed by atoms with van der Waals surface area (Å²) in [7, 11) is 0. The van der Waals surface area contributed by atoms with Crippen LogP contribution >= 0.6 is 28.3 Å². The van der Waals surface area contributed by atoms with Crippen molar-refractivity contribution in [3.05, 3.63) is 52.7 Å². The summed E-state index contributed by atoms with van der Waals surface area (Å²) in [5, 5.41) is 16.0. The van der Waals surface area contributed by atoms with Gasteiger partial charge in [-0.2, -0.15) is 0 Å². The second kappa shape index (κ2) is 10.5. The van der Waals surface area contributed by atoms with E-state index in [1.807, 2.05) is 47.8 Å². The van der Waals surface area contributed by atoms with Crippen LogP contribution in [0.1, 0.15) is 43.4 Å². The minimum absolute atomic E-state index is 0. The second-order valence-electron chi connectivity index (χ2n) is 9.83. The number of rotatable bonds is 8. The fourth-order valence-corrected chi connectivity index (χ4v) is 6.94. The minimum Gasteiger partial charge on any atom is -0.837 e. The van der Waals surface area contributed by atoms with E-state index in [4.69, 9.17) is 9.47 Å². The van der Waals surface area contributed by atoms with Crippen molar-refractivity contribution in [3.63, 3.8) is 0 Å². The Bertz CT molecular complexity index is 894. The predicted octanol–water partition coefficient (Wildman–Crippen LogP) is 4.30. The molecule has 4 aliphatic rings. The maximum atomic E-state index is 14.1. The number of esters is 1. The fourth-order valence-electron chi connectivity index (χ4n) is 6.06. The van der Waals surface area contributed by atoms with Crippen LogP contribution in [0.2, 0.25) is 0 Å². The number of carbonyl (C=O) groups is 1. The summed E-state index contributed by atoms with van der Waals surface area (Å²) in [5.41, 5.74) is -1.75. The van der Waals surface area contributed by atoms with E-state index in [2.05, 4.69) is 0 Å². The Hall–Kier alpha value is -1.41. The van der Waals surface area contributed by atoms with Gasteiger partial charge in [-0.15, -0.1) is 28.3 Å². The monoisotopic (exact) mass is 535 g/mol. The van der Waals surface area contributed by atoms with Crippen LogP contribution < -0.4 is 9.84 Å². The van der Waals surface area contributed by atoms with Crippen LogP contribution in [0.5, 0.6) is 5.75 Å². The molecule has 33 heavy (non-hydrogen) atoms. The molecule has 3 aliphatic heterocycles. The number of fused-ring (bicyclic) bond motifs is 3. The first kappa shape index (κ1) is 24.7. The highest BCUT2D eigenvalue weighted by Crippen LogP contribution is 2.43. The Morgan fingerprint density at radius 3 is 2.45 bits per heavy atom. The minimum atomic E-state index is -1.75. The Kier molecular flexibility index (Phi) is 7.83. The van der Waals surface area contributed by atoms with Crippen molar-refractivity contribution in [2.24, 2.45) is 11.8 Å². The van der Waals surface area contributed by atoms with Gasteiger partial charge in [0.15, 0.2) is 6.10 Å². The summed E-state index contributed by atoms with van der Waals surface area (Å²) in [4.78, 5) is 14.1. The first-order valence-electron chi connectivity index (χ1n) is 12.1. The van der Waals surface area contributed by atoms with Crippen molar-refractivity contribution in [2.45, 2.75) is 50.2 Å². The normalized spacial score (nSPS) is 28.6. The molecule has 1 aromatic carbocycles. The molecule has 2 bridgehead atoms. The Balaban J connectivity index is 0.00000259. The molecule has 5 nitrogen and oxygen atoms in total. The van der Waals surface area contributed by atoms with Gasteiger partial charge in [-0.05, 0) is 29.5 Å². The lowest BCUT2D eigenvalue weighted by Crippen LogP contribution is -2.66. The van der Waals surface area contributed by atoms with Crippen LogP contribution in [-0.4, -0.2) is 49.3 Å². The third kappa shape index (κ3) is 5.02. The van der Waals surface area contributed by atoms with Gasteiger partial charge in [-0.1, -0.05) is 49.9 Å². The maximum Gasteiger partial charge on any atom is 0.301 e. The van der Waals surface area contributed by atoms with Crippen molar-refractivity contribution in [1.82, 2.24) is 0 Å². The first-order chi connectivity index (χ1) is 15.6. The van der Waals surface area contributed by atoms with E-state index in [-0.39, 0.29) is 29.0 Å². The molecule has 0 spiro atoms. The summed E-state index contributed by atoms with van der Waals surface area (Å²) >= 11 is 1.40. The number of para-hydroxylation sites is 1. The highest BCUT2D eigenvalue weighted by Gasteiger charge is 2.49. The Morgan fingerprint density at radius 1 is 1.06 bits per heavy atom. The standard InChI is InChI=1S/C26H33NO4S.BrH/c28-25(26(29,21-7-4-5-8-21)24-11-6-18-32-24)31-23-19-27(14-12-20(23)13-15-27)16-17-30-22-9-2-1-3-10-22;/h1-3,6,9-11,18,20-21,23H,4-5,7-8,12-17,19H2;1H/t20?,23-,26-,27?;/m1./s1. The predicted molar refractivity (Wildman–Crippen MR) is 133 cm³/mol. The molecule has 2 aromatic rings. The van der Waals surface area contributed by atoms with Crippen molar-refractivity contribution < 1.29 is 23.9 Å². The van der Waals surface area contributed by atoms with E-state index in [0.717, 1.165) is 74.9 Å². The highest BCUT2D eigenvalue weighted by molar-refractivity contribution is 8.93. The molecule has 3 saturated heterocycles. The third-order valence-electron chi connectivity index (χ3n) is 8.00. The van der Waals surface area contributed by atoms with Gasteiger partial charge in [0.1, 0.15) is 25.4 Å². The molecule has 4 heterocycles. The molecule has 1 aliphatic carbocycles. The summed E-state index contributed by atoms with van der Waals surface area (Å²) in [6.45, 7) is 4.57. The largest absolute Gasteiger partial charge is 0.837 e. The smallest absolute Gasteiger partial charge is 0.301 e. The molecule has 0 amide bonds. The number of hydrogen-bond acceptors (Lipinski definition) is 5. The van der Waals surface area contributed by atoms with Gasteiger partial charge < -0.3 is 19.1 Å². The Labute approximate surface area is 211 Å². The molecule has 4 fully saturated rings. The highest BCUT2D eigenvalue weighted by atomic mass is 79.9.